The minimum atomic E-state index is -0.471. The molecule has 0 saturated carbocycles. The zero-order valence-electron chi connectivity index (χ0n) is 19.1. The molecule has 4 rings (SSSR count). The van der Waals surface area contributed by atoms with Gasteiger partial charge in [0.1, 0.15) is 17.1 Å². The van der Waals surface area contributed by atoms with E-state index in [2.05, 4.69) is 20.4 Å². The molecule has 3 aromatic heterocycles. The summed E-state index contributed by atoms with van der Waals surface area (Å²) < 4.78 is 9.05. The number of anilines is 1. The van der Waals surface area contributed by atoms with Gasteiger partial charge in [-0.25, -0.2) is 9.67 Å². The van der Waals surface area contributed by atoms with E-state index >= 15 is 0 Å². The van der Waals surface area contributed by atoms with Gasteiger partial charge in [-0.15, -0.1) is 0 Å². The van der Waals surface area contributed by atoms with E-state index in [-0.39, 0.29) is 11.1 Å². The summed E-state index contributed by atoms with van der Waals surface area (Å²) in [6.45, 7) is 7.77. The van der Waals surface area contributed by atoms with Crippen molar-refractivity contribution in [2.24, 2.45) is 7.05 Å². The monoisotopic (exact) mass is 444 g/mol. The first-order valence-corrected chi connectivity index (χ1v) is 10.4. The van der Waals surface area contributed by atoms with Gasteiger partial charge in [-0.1, -0.05) is 0 Å². The predicted octanol–water partition coefficient (Wildman–Crippen LogP) is 3.64. The number of nitrogens with one attached hydrogen (secondary N) is 1. The van der Waals surface area contributed by atoms with Crippen molar-refractivity contribution in [2.75, 3.05) is 5.32 Å². The standard InChI is InChI=1S/C24H24N6O3/c1-14-15(2)28-30(16(14)3)21-13-22(26-17(4)25-21)33-19-10-8-18(9-11-19)27-23(31)20-7-6-12-29(5)24(20)32/h6-13H,1-5H3,(H,27,31). The lowest BCUT2D eigenvalue weighted by Gasteiger charge is -2.10. The highest BCUT2D eigenvalue weighted by Crippen LogP contribution is 2.24. The number of hydrogen-bond acceptors (Lipinski definition) is 6. The summed E-state index contributed by atoms with van der Waals surface area (Å²) in [5.41, 5.74) is 3.31. The van der Waals surface area contributed by atoms with E-state index in [0.29, 0.717) is 29.0 Å². The van der Waals surface area contributed by atoms with Gasteiger partial charge in [0.05, 0.1) is 5.69 Å². The van der Waals surface area contributed by atoms with Crippen LogP contribution in [0.15, 0.2) is 53.5 Å². The molecule has 0 unspecified atom stereocenters. The van der Waals surface area contributed by atoms with Crippen molar-refractivity contribution < 1.29 is 9.53 Å². The highest BCUT2D eigenvalue weighted by Gasteiger charge is 2.14. The second-order valence-electron chi connectivity index (χ2n) is 7.74. The van der Waals surface area contributed by atoms with Crippen LogP contribution in [0.25, 0.3) is 5.82 Å². The van der Waals surface area contributed by atoms with Gasteiger partial charge < -0.3 is 14.6 Å². The van der Waals surface area contributed by atoms with Crippen molar-refractivity contribution in [3.8, 4) is 17.4 Å². The number of amides is 1. The van der Waals surface area contributed by atoms with Gasteiger partial charge in [-0.2, -0.15) is 10.1 Å². The molecule has 1 N–H and O–H groups in total. The number of rotatable bonds is 5. The summed E-state index contributed by atoms with van der Waals surface area (Å²) in [6.07, 6.45) is 1.60. The van der Waals surface area contributed by atoms with Crippen LogP contribution in [0.1, 0.15) is 33.1 Å². The lowest BCUT2D eigenvalue weighted by molar-refractivity contribution is 0.102. The van der Waals surface area contributed by atoms with E-state index in [4.69, 9.17) is 4.74 Å². The van der Waals surface area contributed by atoms with Gasteiger partial charge in [-0.05, 0) is 69.7 Å². The largest absolute Gasteiger partial charge is 0.439 e. The topological polar surface area (TPSA) is 104 Å². The van der Waals surface area contributed by atoms with E-state index < -0.39 is 5.91 Å². The van der Waals surface area contributed by atoms with Crippen LogP contribution in [-0.2, 0) is 7.05 Å². The molecule has 0 atom stereocenters. The van der Waals surface area contributed by atoms with Gasteiger partial charge in [0, 0.05) is 30.7 Å². The Labute approximate surface area is 190 Å². The number of nitrogens with zero attached hydrogens (tertiary/aromatic N) is 5. The summed E-state index contributed by atoms with van der Waals surface area (Å²) in [7, 11) is 1.60. The molecule has 4 aromatic rings. The summed E-state index contributed by atoms with van der Waals surface area (Å²) >= 11 is 0. The third-order valence-electron chi connectivity index (χ3n) is 5.37. The Kier molecular flexibility index (Phi) is 5.78. The number of pyridine rings is 1. The van der Waals surface area contributed by atoms with Crippen molar-refractivity contribution in [1.29, 1.82) is 0 Å². The molecule has 0 saturated heterocycles. The number of carbonyl (C=O) groups excluding carboxylic acids is 1. The molecule has 0 radical (unpaired) electrons. The predicted molar refractivity (Wildman–Crippen MR) is 124 cm³/mol. The maximum atomic E-state index is 12.4. The van der Waals surface area contributed by atoms with Crippen LogP contribution >= 0.6 is 0 Å². The van der Waals surface area contributed by atoms with E-state index in [9.17, 15) is 9.59 Å². The lowest BCUT2D eigenvalue weighted by Crippen LogP contribution is -2.26. The van der Waals surface area contributed by atoms with Crippen LogP contribution in [0.2, 0.25) is 0 Å². The molecule has 1 aromatic carbocycles. The number of benzene rings is 1. The number of ether oxygens (including phenoxy) is 1. The smallest absolute Gasteiger partial charge is 0.263 e. The van der Waals surface area contributed by atoms with E-state index in [1.807, 2.05) is 20.8 Å². The quantitative estimate of drug-likeness (QED) is 0.504. The first kappa shape index (κ1) is 21.9. The fourth-order valence-electron chi connectivity index (χ4n) is 3.33. The first-order chi connectivity index (χ1) is 15.7. The summed E-state index contributed by atoms with van der Waals surface area (Å²) in [6, 6.07) is 11.7. The molecule has 0 fully saturated rings. The third kappa shape index (κ3) is 4.52. The molecule has 0 aliphatic heterocycles. The molecule has 168 valence electrons. The molecule has 3 heterocycles. The van der Waals surface area contributed by atoms with Crippen LogP contribution in [0.5, 0.6) is 11.6 Å². The molecule has 9 nitrogen and oxygen atoms in total. The molecular formula is C24H24N6O3. The van der Waals surface area contributed by atoms with Crippen molar-refractivity contribution in [3.63, 3.8) is 0 Å². The summed E-state index contributed by atoms with van der Waals surface area (Å²) in [5.74, 6) is 1.63. The molecular weight excluding hydrogens is 420 g/mol. The van der Waals surface area contributed by atoms with Crippen LogP contribution < -0.4 is 15.6 Å². The number of aryl methyl sites for hydroxylation is 3. The van der Waals surface area contributed by atoms with Crippen molar-refractivity contribution in [1.82, 2.24) is 24.3 Å². The average molecular weight is 444 g/mol. The Balaban J connectivity index is 1.52. The summed E-state index contributed by atoms with van der Waals surface area (Å²) in [5, 5.41) is 7.28. The molecule has 0 aliphatic carbocycles. The Morgan fingerprint density at radius 1 is 1.03 bits per heavy atom. The van der Waals surface area contributed by atoms with Crippen LogP contribution in [0.4, 0.5) is 5.69 Å². The molecule has 0 bridgehead atoms. The molecule has 9 heteroatoms. The van der Waals surface area contributed by atoms with Crippen LogP contribution in [0.3, 0.4) is 0 Å². The molecule has 0 spiro atoms. The van der Waals surface area contributed by atoms with Crippen molar-refractivity contribution in [3.05, 3.63) is 87.4 Å². The zero-order valence-corrected chi connectivity index (χ0v) is 19.1. The minimum absolute atomic E-state index is 0.0729. The maximum absolute atomic E-state index is 12.4. The molecule has 1 amide bonds. The second-order valence-corrected chi connectivity index (χ2v) is 7.74. The fraction of sp³-hybridized carbons (Fsp3) is 0.208. The number of hydrogen-bond donors (Lipinski definition) is 1. The number of carbonyl (C=O) groups is 1. The summed E-state index contributed by atoms with van der Waals surface area (Å²) in [4.78, 5) is 33.4. The second kappa shape index (κ2) is 8.70. The van der Waals surface area contributed by atoms with Crippen molar-refractivity contribution >= 4 is 11.6 Å². The highest BCUT2D eigenvalue weighted by molar-refractivity contribution is 6.04. The van der Waals surface area contributed by atoms with Gasteiger partial charge in [0.15, 0.2) is 5.82 Å². The van der Waals surface area contributed by atoms with E-state index in [1.54, 1.807) is 61.2 Å². The number of aromatic nitrogens is 5. The van der Waals surface area contributed by atoms with Gasteiger partial charge in [-0.3, -0.25) is 9.59 Å². The van der Waals surface area contributed by atoms with E-state index in [1.165, 1.54) is 10.6 Å². The molecule has 0 aliphatic rings. The van der Waals surface area contributed by atoms with Gasteiger partial charge >= 0.3 is 0 Å². The van der Waals surface area contributed by atoms with Gasteiger partial charge in [0.2, 0.25) is 5.88 Å². The van der Waals surface area contributed by atoms with Crippen LogP contribution in [0, 0.1) is 27.7 Å². The maximum Gasteiger partial charge on any atom is 0.263 e. The normalized spacial score (nSPS) is 10.8. The van der Waals surface area contributed by atoms with Crippen molar-refractivity contribution in [2.45, 2.75) is 27.7 Å². The van der Waals surface area contributed by atoms with Gasteiger partial charge in [0.25, 0.3) is 11.5 Å². The fourth-order valence-corrected chi connectivity index (χ4v) is 3.33. The minimum Gasteiger partial charge on any atom is -0.439 e. The SMILES string of the molecule is Cc1nc(Oc2ccc(NC(=O)c3cccn(C)c3=O)cc2)cc(-n2nc(C)c(C)c2C)n1. The van der Waals surface area contributed by atoms with E-state index in [0.717, 1.165) is 17.0 Å². The Hall–Kier alpha value is -4.27. The molecule has 33 heavy (non-hydrogen) atoms. The average Bonchev–Trinajstić information content (AvgIpc) is 3.04. The zero-order chi connectivity index (χ0) is 23.7. The Morgan fingerprint density at radius 3 is 2.42 bits per heavy atom. The Morgan fingerprint density at radius 2 is 1.76 bits per heavy atom. The van der Waals surface area contributed by atoms with Crippen LogP contribution in [-0.4, -0.2) is 30.2 Å². The third-order valence-corrected chi connectivity index (χ3v) is 5.37. The highest BCUT2D eigenvalue weighted by atomic mass is 16.5. The first-order valence-electron chi connectivity index (χ1n) is 10.4. The Bertz CT molecular complexity index is 1400. The lowest BCUT2D eigenvalue weighted by atomic mass is 10.2.